The van der Waals surface area contributed by atoms with E-state index in [-0.39, 0.29) is 12.6 Å². The average Bonchev–Trinajstić information content (AvgIpc) is 3.14. The summed E-state index contributed by atoms with van der Waals surface area (Å²) in [6.45, 7) is 4.45. The minimum absolute atomic E-state index is 0.0507. The number of hydrogen-bond acceptors (Lipinski definition) is 6. The number of carbonyl (C=O) groups excluding carboxylic acids is 1. The molecule has 24 heavy (non-hydrogen) atoms. The summed E-state index contributed by atoms with van der Waals surface area (Å²) >= 11 is 1.46. The summed E-state index contributed by atoms with van der Waals surface area (Å²) in [5, 5.41) is 9.46. The van der Waals surface area contributed by atoms with Gasteiger partial charge in [0.15, 0.2) is 22.4 Å². The quantitative estimate of drug-likeness (QED) is 0.590. The van der Waals surface area contributed by atoms with Crippen LogP contribution in [0.15, 0.2) is 23.4 Å². The molecule has 126 valence electrons. The van der Waals surface area contributed by atoms with E-state index in [1.807, 2.05) is 0 Å². The van der Waals surface area contributed by atoms with E-state index in [0.717, 1.165) is 11.0 Å². The standard InChI is InChI=1S/C17H19N3O3S/c1-10(2)16-18-19-17(20(16)12-4-5-12)24-8-13(21)11-3-6-14-15(7-11)23-9-22-14/h3,6-7,10,12H,4-5,8-9H2,1-2H3. The van der Waals surface area contributed by atoms with Gasteiger partial charge in [0.1, 0.15) is 5.82 Å². The molecule has 1 saturated carbocycles. The fourth-order valence-corrected chi connectivity index (χ4v) is 3.65. The van der Waals surface area contributed by atoms with Gasteiger partial charge in [0.25, 0.3) is 0 Å². The molecule has 1 aliphatic carbocycles. The number of carbonyl (C=O) groups is 1. The molecule has 0 unspecified atom stereocenters. The normalized spacial score (nSPS) is 16.0. The second-order valence-electron chi connectivity index (χ2n) is 6.38. The summed E-state index contributed by atoms with van der Waals surface area (Å²) < 4.78 is 12.8. The molecule has 4 rings (SSSR count). The van der Waals surface area contributed by atoms with Gasteiger partial charge in [0.05, 0.1) is 5.75 Å². The molecule has 1 aromatic heterocycles. The lowest BCUT2D eigenvalue weighted by atomic mass is 10.1. The Balaban J connectivity index is 1.48. The van der Waals surface area contributed by atoms with Gasteiger partial charge < -0.3 is 14.0 Å². The Morgan fingerprint density at radius 2 is 2.08 bits per heavy atom. The van der Waals surface area contributed by atoms with Crippen molar-refractivity contribution in [2.45, 2.75) is 43.8 Å². The summed E-state index contributed by atoms with van der Waals surface area (Å²) in [7, 11) is 0. The predicted molar refractivity (Wildman–Crippen MR) is 90.0 cm³/mol. The number of thioether (sulfide) groups is 1. The lowest BCUT2D eigenvalue weighted by Gasteiger charge is -2.10. The summed E-state index contributed by atoms with van der Waals surface area (Å²) in [6, 6.07) is 5.81. The highest BCUT2D eigenvalue weighted by Crippen LogP contribution is 2.40. The zero-order valence-electron chi connectivity index (χ0n) is 13.7. The topological polar surface area (TPSA) is 66.2 Å². The molecule has 2 aliphatic rings. The van der Waals surface area contributed by atoms with Crippen LogP contribution in [0.2, 0.25) is 0 Å². The van der Waals surface area contributed by atoms with Crippen LogP contribution >= 0.6 is 11.8 Å². The maximum atomic E-state index is 12.5. The van der Waals surface area contributed by atoms with E-state index in [9.17, 15) is 4.79 Å². The van der Waals surface area contributed by atoms with Crippen LogP contribution < -0.4 is 9.47 Å². The van der Waals surface area contributed by atoms with Gasteiger partial charge in [-0.2, -0.15) is 0 Å². The predicted octanol–water partition coefficient (Wildman–Crippen LogP) is 3.44. The second kappa shape index (κ2) is 6.12. The summed E-state index contributed by atoms with van der Waals surface area (Å²) in [5.74, 6) is 3.05. The maximum absolute atomic E-state index is 12.5. The van der Waals surface area contributed by atoms with Gasteiger partial charge in [-0.3, -0.25) is 4.79 Å². The molecule has 1 aromatic carbocycles. The average molecular weight is 345 g/mol. The van der Waals surface area contributed by atoms with Gasteiger partial charge in [0.2, 0.25) is 6.79 Å². The van der Waals surface area contributed by atoms with E-state index in [2.05, 4.69) is 28.6 Å². The molecule has 0 bridgehead atoms. The summed E-state index contributed by atoms with van der Waals surface area (Å²) in [5.41, 5.74) is 0.633. The van der Waals surface area contributed by atoms with Gasteiger partial charge in [-0.25, -0.2) is 0 Å². The highest BCUT2D eigenvalue weighted by atomic mass is 32.2. The highest BCUT2D eigenvalue weighted by Gasteiger charge is 2.30. The minimum atomic E-state index is 0.0507. The minimum Gasteiger partial charge on any atom is -0.454 e. The van der Waals surface area contributed by atoms with Crippen molar-refractivity contribution in [1.82, 2.24) is 14.8 Å². The first-order valence-electron chi connectivity index (χ1n) is 8.14. The van der Waals surface area contributed by atoms with Crippen LogP contribution in [0, 0.1) is 0 Å². The molecule has 0 amide bonds. The number of fused-ring (bicyclic) bond motifs is 1. The molecule has 0 atom stereocenters. The third-order valence-electron chi connectivity index (χ3n) is 4.15. The Hall–Kier alpha value is -2.02. The van der Waals surface area contributed by atoms with Crippen LogP contribution in [-0.2, 0) is 0 Å². The first-order chi connectivity index (χ1) is 11.6. The van der Waals surface area contributed by atoms with E-state index in [4.69, 9.17) is 9.47 Å². The molecule has 7 heteroatoms. The number of ether oxygens (including phenoxy) is 2. The molecule has 6 nitrogen and oxygen atoms in total. The summed E-state index contributed by atoms with van der Waals surface area (Å²) in [6.07, 6.45) is 2.34. The zero-order valence-corrected chi connectivity index (χ0v) is 14.5. The second-order valence-corrected chi connectivity index (χ2v) is 7.32. The van der Waals surface area contributed by atoms with Gasteiger partial charge >= 0.3 is 0 Å². The van der Waals surface area contributed by atoms with Gasteiger partial charge in [-0.15, -0.1) is 10.2 Å². The number of Topliss-reactive ketones (excluding diaryl/α,β-unsaturated/α-hetero) is 1. The van der Waals surface area contributed by atoms with Gasteiger partial charge in [-0.05, 0) is 31.0 Å². The Morgan fingerprint density at radius 3 is 2.83 bits per heavy atom. The van der Waals surface area contributed by atoms with Crippen LogP contribution in [0.5, 0.6) is 11.5 Å². The lowest BCUT2D eigenvalue weighted by molar-refractivity contribution is 0.102. The van der Waals surface area contributed by atoms with Crippen LogP contribution in [0.25, 0.3) is 0 Å². The Kier molecular flexibility index (Phi) is 3.96. The van der Waals surface area contributed by atoms with Crippen molar-refractivity contribution in [2.24, 2.45) is 0 Å². The first kappa shape index (κ1) is 15.5. The highest BCUT2D eigenvalue weighted by molar-refractivity contribution is 7.99. The van der Waals surface area contributed by atoms with Gasteiger partial charge in [0, 0.05) is 17.5 Å². The lowest BCUT2D eigenvalue weighted by Crippen LogP contribution is -2.07. The number of benzene rings is 1. The number of aromatic nitrogens is 3. The van der Waals surface area contributed by atoms with E-state index in [0.29, 0.717) is 34.8 Å². The molecule has 2 aromatic rings. The number of nitrogens with zero attached hydrogens (tertiary/aromatic N) is 3. The largest absolute Gasteiger partial charge is 0.454 e. The molecule has 0 N–H and O–H groups in total. The maximum Gasteiger partial charge on any atom is 0.231 e. The zero-order chi connectivity index (χ0) is 16.7. The van der Waals surface area contributed by atoms with Crippen molar-refractivity contribution in [3.8, 4) is 11.5 Å². The van der Waals surface area contributed by atoms with Crippen LogP contribution in [-0.4, -0.2) is 33.1 Å². The van der Waals surface area contributed by atoms with E-state index in [1.54, 1.807) is 18.2 Å². The van der Waals surface area contributed by atoms with Crippen molar-refractivity contribution in [2.75, 3.05) is 12.5 Å². The molecule has 2 heterocycles. The Labute approximate surface area is 144 Å². The van der Waals surface area contributed by atoms with Crippen molar-refractivity contribution in [3.05, 3.63) is 29.6 Å². The van der Waals surface area contributed by atoms with E-state index >= 15 is 0 Å². The van der Waals surface area contributed by atoms with Crippen molar-refractivity contribution < 1.29 is 14.3 Å². The van der Waals surface area contributed by atoms with Crippen LogP contribution in [0.4, 0.5) is 0 Å². The number of rotatable bonds is 6. The molecule has 0 radical (unpaired) electrons. The van der Waals surface area contributed by atoms with Crippen LogP contribution in [0.3, 0.4) is 0 Å². The van der Waals surface area contributed by atoms with E-state index < -0.39 is 0 Å². The van der Waals surface area contributed by atoms with Gasteiger partial charge in [-0.1, -0.05) is 25.6 Å². The molecule has 1 fully saturated rings. The fourth-order valence-electron chi connectivity index (χ4n) is 2.74. The summed E-state index contributed by atoms with van der Waals surface area (Å²) in [4.78, 5) is 12.5. The SMILES string of the molecule is CC(C)c1nnc(SCC(=O)c2ccc3c(c2)OCO3)n1C1CC1. The molecule has 0 spiro atoms. The molecule has 1 aliphatic heterocycles. The van der Waals surface area contributed by atoms with Crippen molar-refractivity contribution in [1.29, 1.82) is 0 Å². The first-order valence-corrected chi connectivity index (χ1v) is 9.12. The van der Waals surface area contributed by atoms with Crippen LogP contribution in [0.1, 0.15) is 54.8 Å². The van der Waals surface area contributed by atoms with Crippen molar-refractivity contribution >= 4 is 17.5 Å². The van der Waals surface area contributed by atoms with E-state index in [1.165, 1.54) is 24.6 Å². The monoisotopic (exact) mass is 345 g/mol. The van der Waals surface area contributed by atoms with Crippen molar-refractivity contribution in [3.63, 3.8) is 0 Å². The molecule has 0 saturated heterocycles. The number of ketones is 1. The molecular weight excluding hydrogens is 326 g/mol. The third kappa shape index (κ3) is 2.88. The molecular formula is C17H19N3O3S. The smallest absolute Gasteiger partial charge is 0.231 e. The Bertz CT molecular complexity index is 783. The fraction of sp³-hybridized carbons (Fsp3) is 0.471. The third-order valence-corrected chi connectivity index (χ3v) is 5.09. The number of hydrogen-bond donors (Lipinski definition) is 0. The Morgan fingerprint density at radius 1 is 1.29 bits per heavy atom.